The van der Waals surface area contributed by atoms with Crippen LogP contribution in [0.4, 0.5) is 0 Å². The van der Waals surface area contributed by atoms with Crippen molar-refractivity contribution in [3.8, 4) is 0 Å². The largest absolute Gasteiger partial charge is 0.298 e. The van der Waals surface area contributed by atoms with Crippen LogP contribution in [0.2, 0.25) is 0 Å². The van der Waals surface area contributed by atoms with Crippen molar-refractivity contribution in [3.63, 3.8) is 0 Å². The molecule has 0 aliphatic carbocycles. The van der Waals surface area contributed by atoms with Gasteiger partial charge in [0.25, 0.3) is 5.56 Å². The van der Waals surface area contributed by atoms with Crippen molar-refractivity contribution in [3.05, 3.63) is 28.1 Å². The van der Waals surface area contributed by atoms with Crippen molar-refractivity contribution >= 4 is 34.2 Å². The van der Waals surface area contributed by atoms with Crippen LogP contribution in [0.3, 0.4) is 0 Å². The predicted octanol–water partition coefficient (Wildman–Crippen LogP) is 2.80. The molecule has 5 heteroatoms. The van der Waals surface area contributed by atoms with Gasteiger partial charge in [0, 0.05) is 6.54 Å². The van der Waals surface area contributed by atoms with Crippen molar-refractivity contribution in [2.24, 2.45) is 5.92 Å². The van der Waals surface area contributed by atoms with Gasteiger partial charge in [0.2, 0.25) is 0 Å². The summed E-state index contributed by atoms with van der Waals surface area (Å²) < 4.78 is 1.71. The van der Waals surface area contributed by atoms with E-state index in [0.29, 0.717) is 5.92 Å². The molecule has 1 unspecified atom stereocenters. The molecule has 2 heterocycles. The second kappa shape index (κ2) is 5.69. The number of nitrogens with zero attached hydrogens (tertiary/aromatic N) is 2. The van der Waals surface area contributed by atoms with E-state index in [0.717, 1.165) is 35.4 Å². The molecule has 0 spiro atoms. The average molecular weight is 268 g/mol. The van der Waals surface area contributed by atoms with Gasteiger partial charge in [0.1, 0.15) is 4.83 Å². The van der Waals surface area contributed by atoms with Crippen LogP contribution in [0.15, 0.2) is 22.6 Å². The lowest BCUT2D eigenvalue weighted by Gasteiger charge is -2.14. The first-order valence-corrected chi connectivity index (χ1v) is 7.31. The highest BCUT2D eigenvalue weighted by atomic mass is 32.1. The molecule has 0 saturated heterocycles. The molecule has 0 amide bonds. The molecule has 0 aliphatic rings. The first kappa shape index (κ1) is 12.6. The maximum atomic E-state index is 12.1. The lowest BCUT2D eigenvalue weighted by atomic mass is 10.1. The summed E-state index contributed by atoms with van der Waals surface area (Å²) in [6.07, 6.45) is 3.87. The molecule has 0 fully saturated rings. The molecule has 0 saturated carbocycles. The molecule has 0 aliphatic heterocycles. The average Bonchev–Trinajstić information content (AvgIpc) is 2.80. The van der Waals surface area contributed by atoms with Gasteiger partial charge in [-0.2, -0.15) is 12.6 Å². The molecule has 3 nitrogen and oxygen atoms in total. The van der Waals surface area contributed by atoms with Crippen LogP contribution in [0.25, 0.3) is 10.2 Å². The monoisotopic (exact) mass is 268 g/mol. The molecule has 0 radical (unpaired) electrons. The summed E-state index contributed by atoms with van der Waals surface area (Å²) in [6, 6.07) is 1.85. The Kier molecular flexibility index (Phi) is 4.23. The Morgan fingerprint density at radius 3 is 3.12 bits per heavy atom. The lowest BCUT2D eigenvalue weighted by Crippen LogP contribution is -2.24. The molecule has 0 bridgehead atoms. The van der Waals surface area contributed by atoms with E-state index in [4.69, 9.17) is 0 Å². The summed E-state index contributed by atoms with van der Waals surface area (Å²) in [5, 5.41) is 2.64. The minimum atomic E-state index is 0.0686. The van der Waals surface area contributed by atoms with E-state index in [1.165, 1.54) is 11.3 Å². The summed E-state index contributed by atoms with van der Waals surface area (Å²) in [5.41, 5.74) is 0.0686. The van der Waals surface area contributed by atoms with E-state index >= 15 is 0 Å². The summed E-state index contributed by atoms with van der Waals surface area (Å²) >= 11 is 5.85. The van der Waals surface area contributed by atoms with E-state index in [1.807, 2.05) is 11.4 Å². The third-order valence-electron chi connectivity index (χ3n) is 2.86. The number of rotatable bonds is 5. The Morgan fingerprint density at radius 2 is 2.41 bits per heavy atom. The van der Waals surface area contributed by atoms with Crippen LogP contribution in [0.1, 0.15) is 19.8 Å². The van der Waals surface area contributed by atoms with Gasteiger partial charge < -0.3 is 0 Å². The van der Waals surface area contributed by atoms with Crippen molar-refractivity contribution in [1.82, 2.24) is 9.55 Å². The Hall–Kier alpha value is -0.810. The van der Waals surface area contributed by atoms with Crippen LogP contribution in [-0.2, 0) is 6.54 Å². The fourth-order valence-corrected chi connectivity index (χ4v) is 2.97. The summed E-state index contributed by atoms with van der Waals surface area (Å²) in [5.74, 6) is 1.25. The van der Waals surface area contributed by atoms with E-state index in [1.54, 1.807) is 10.9 Å². The van der Waals surface area contributed by atoms with Crippen molar-refractivity contribution in [1.29, 1.82) is 0 Å². The number of aromatic nitrogens is 2. The second-order valence-electron chi connectivity index (χ2n) is 4.18. The molecule has 0 N–H and O–H groups in total. The van der Waals surface area contributed by atoms with Gasteiger partial charge in [-0.05, 0) is 29.5 Å². The third kappa shape index (κ3) is 2.72. The molecule has 2 aromatic rings. The van der Waals surface area contributed by atoms with Crippen molar-refractivity contribution < 1.29 is 0 Å². The normalized spacial score (nSPS) is 13.1. The highest BCUT2D eigenvalue weighted by Gasteiger charge is 2.10. The van der Waals surface area contributed by atoms with Gasteiger partial charge in [0.05, 0.1) is 11.7 Å². The first-order valence-electron chi connectivity index (χ1n) is 5.79. The molecule has 92 valence electrons. The highest BCUT2D eigenvalue weighted by molar-refractivity contribution is 7.80. The topological polar surface area (TPSA) is 34.9 Å². The Balaban J connectivity index is 2.29. The Labute approximate surface area is 110 Å². The van der Waals surface area contributed by atoms with Crippen LogP contribution in [0.5, 0.6) is 0 Å². The number of hydrogen-bond acceptors (Lipinski definition) is 4. The van der Waals surface area contributed by atoms with Gasteiger partial charge in [-0.3, -0.25) is 9.36 Å². The number of thiophene rings is 1. The summed E-state index contributed by atoms with van der Waals surface area (Å²) in [7, 11) is 0. The lowest BCUT2D eigenvalue weighted by molar-refractivity contribution is 0.444. The fourth-order valence-electron chi connectivity index (χ4n) is 1.95. The molecule has 2 aromatic heterocycles. The van der Waals surface area contributed by atoms with Gasteiger partial charge in [-0.15, -0.1) is 11.3 Å². The van der Waals surface area contributed by atoms with Crippen LogP contribution >= 0.6 is 24.0 Å². The molecule has 0 aromatic carbocycles. The highest BCUT2D eigenvalue weighted by Crippen LogP contribution is 2.15. The maximum absolute atomic E-state index is 12.1. The smallest absolute Gasteiger partial charge is 0.262 e. The van der Waals surface area contributed by atoms with Gasteiger partial charge in [-0.1, -0.05) is 13.3 Å². The van der Waals surface area contributed by atoms with E-state index in [9.17, 15) is 4.79 Å². The Bertz CT molecular complexity index is 547. The SMILES string of the molecule is CCCC(CS)Cn1cnc2sccc2c1=O. The number of fused-ring (bicyclic) bond motifs is 1. The minimum absolute atomic E-state index is 0.0686. The quantitative estimate of drug-likeness (QED) is 0.846. The summed E-state index contributed by atoms with van der Waals surface area (Å²) in [4.78, 5) is 17.3. The number of thiol groups is 1. The van der Waals surface area contributed by atoms with Crippen molar-refractivity contribution in [2.75, 3.05) is 5.75 Å². The van der Waals surface area contributed by atoms with Gasteiger partial charge >= 0.3 is 0 Å². The van der Waals surface area contributed by atoms with Gasteiger partial charge in [0.15, 0.2) is 0 Å². The Morgan fingerprint density at radius 1 is 1.59 bits per heavy atom. The molecule has 1 atom stereocenters. The maximum Gasteiger partial charge on any atom is 0.262 e. The second-order valence-corrected chi connectivity index (χ2v) is 5.44. The summed E-state index contributed by atoms with van der Waals surface area (Å²) in [6.45, 7) is 2.87. The van der Waals surface area contributed by atoms with E-state index in [-0.39, 0.29) is 5.56 Å². The zero-order valence-electron chi connectivity index (χ0n) is 9.80. The minimum Gasteiger partial charge on any atom is -0.298 e. The van der Waals surface area contributed by atoms with Crippen LogP contribution < -0.4 is 5.56 Å². The molecule has 2 rings (SSSR count). The number of hydrogen-bond donors (Lipinski definition) is 1. The van der Waals surface area contributed by atoms with Crippen molar-refractivity contribution in [2.45, 2.75) is 26.3 Å². The standard InChI is InChI=1S/C12H16N2OS2/c1-2-3-9(7-16)6-14-8-13-11-10(12(14)15)4-5-17-11/h4-5,8-9,16H,2-3,6-7H2,1H3. The zero-order chi connectivity index (χ0) is 12.3. The molecule has 17 heavy (non-hydrogen) atoms. The molecular weight excluding hydrogens is 252 g/mol. The molecular formula is C12H16N2OS2. The van der Waals surface area contributed by atoms with Gasteiger partial charge in [-0.25, -0.2) is 4.98 Å². The fraction of sp³-hybridized carbons (Fsp3) is 0.500. The van der Waals surface area contributed by atoms with E-state index in [2.05, 4.69) is 24.5 Å². The predicted molar refractivity (Wildman–Crippen MR) is 76.1 cm³/mol. The third-order valence-corrected chi connectivity index (χ3v) is 4.20. The van der Waals surface area contributed by atoms with Crippen LogP contribution in [0, 0.1) is 5.92 Å². The van der Waals surface area contributed by atoms with Crippen LogP contribution in [-0.4, -0.2) is 15.3 Å². The zero-order valence-corrected chi connectivity index (χ0v) is 11.5. The first-order chi connectivity index (χ1) is 8.26. The van der Waals surface area contributed by atoms with E-state index < -0.39 is 0 Å².